The lowest BCUT2D eigenvalue weighted by molar-refractivity contribution is -0.111. The lowest BCUT2D eigenvalue weighted by Gasteiger charge is -2.07. The van der Waals surface area contributed by atoms with Crippen molar-refractivity contribution in [2.75, 3.05) is 19.0 Å². The van der Waals surface area contributed by atoms with Gasteiger partial charge in [-0.15, -0.1) is 0 Å². The third kappa shape index (κ3) is 5.46. The average Bonchev–Trinajstić information content (AvgIpc) is 2.62. The summed E-state index contributed by atoms with van der Waals surface area (Å²) in [6.45, 7) is 2.45. The molecule has 0 aliphatic heterocycles. The van der Waals surface area contributed by atoms with Gasteiger partial charge in [-0.05, 0) is 55.5 Å². The molecule has 0 spiro atoms. The Labute approximate surface area is 154 Å². The quantitative estimate of drug-likeness (QED) is 0.577. The lowest BCUT2D eigenvalue weighted by atomic mass is 10.2. The molecule has 0 aromatic heterocycles. The van der Waals surface area contributed by atoms with Crippen molar-refractivity contribution in [2.24, 2.45) is 0 Å². The molecule has 0 saturated carbocycles. The first kappa shape index (κ1) is 18.7. The topological polar surface area (TPSA) is 64.6 Å². The molecule has 1 N–H and O–H groups in total. The van der Waals surface area contributed by atoms with E-state index in [4.69, 9.17) is 4.74 Å². The van der Waals surface area contributed by atoms with Crippen LogP contribution in [0.1, 0.15) is 22.8 Å². The van der Waals surface area contributed by atoms with Crippen LogP contribution in [0.15, 0.2) is 53.0 Å². The Morgan fingerprint density at radius 2 is 1.88 bits per heavy atom. The highest BCUT2D eigenvalue weighted by atomic mass is 79.9. The number of carbonyl (C=O) groups is 2. The third-order valence-electron chi connectivity index (χ3n) is 3.26. The van der Waals surface area contributed by atoms with Crippen molar-refractivity contribution in [2.45, 2.75) is 6.92 Å². The third-order valence-corrected chi connectivity index (χ3v) is 3.75. The Hall–Kier alpha value is -2.60. The molecule has 0 aliphatic carbocycles. The maximum absolute atomic E-state index is 12.1. The largest absolute Gasteiger partial charge is 0.493 e. The Bertz CT molecular complexity index is 785. The fourth-order valence-electron chi connectivity index (χ4n) is 2.09. The van der Waals surface area contributed by atoms with Crippen molar-refractivity contribution in [1.29, 1.82) is 0 Å². The predicted molar refractivity (Wildman–Crippen MR) is 101 cm³/mol. The van der Waals surface area contributed by atoms with Gasteiger partial charge in [0.2, 0.25) is 5.91 Å². The molecule has 2 aromatic carbocycles. The molecule has 130 valence electrons. The number of hydrogen-bond donors (Lipinski definition) is 1. The SMILES string of the molecule is CCOc1ccc(Br)cc1C=CC(=O)Nc1ccc(C(=O)OC)cc1. The number of halogens is 1. The average molecular weight is 404 g/mol. The summed E-state index contributed by atoms with van der Waals surface area (Å²) in [5, 5.41) is 2.73. The van der Waals surface area contributed by atoms with E-state index in [0.717, 1.165) is 10.0 Å². The predicted octanol–water partition coefficient (Wildman–Crippen LogP) is 4.29. The van der Waals surface area contributed by atoms with Gasteiger partial charge < -0.3 is 14.8 Å². The van der Waals surface area contributed by atoms with E-state index >= 15 is 0 Å². The number of rotatable bonds is 6. The number of anilines is 1. The smallest absolute Gasteiger partial charge is 0.337 e. The summed E-state index contributed by atoms with van der Waals surface area (Å²) in [5.74, 6) is 0.00121. The van der Waals surface area contributed by atoms with Crippen LogP contribution < -0.4 is 10.1 Å². The van der Waals surface area contributed by atoms with E-state index < -0.39 is 5.97 Å². The summed E-state index contributed by atoms with van der Waals surface area (Å²) in [6.07, 6.45) is 3.12. The summed E-state index contributed by atoms with van der Waals surface area (Å²) in [6, 6.07) is 12.1. The molecule has 0 radical (unpaired) electrons. The maximum atomic E-state index is 12.1. The minimum atomic E-state index is -0.420. The van der Waals surface area contributed by atoms with Crippen molar-refractivity contribution >= 4 is 39.6 Å². The first-order valence-electron chi connectivity index (χ1n) is 7.63. The van der Waals surface area contributed by atoms with Gasteiger partial charge >= 0.3 is 5.97 Å². The van der Waals surface area contributed by atoms with Crippen LogP contribution in [0.4, 0.5) is 5.69 Å². The normalized spacial score (nSPS) is 10.5. The van der Waals surface area contributed by atoms with Crippen molar-refractivity contribution in [3.05, 3.63) is 64.1 Å². The number of ether oxygens (including phenoxy) is 2. The summed E-state index contributed by atoms with van der Waals surface area (Å²) in [5.41, 5.74) is 1.81. The van der Waals surface area contributed by atoms with E-state index in [9.17, 15) is 9.59 Å². The number of benzene rings is 2. The van der Waals surface area contributed by atoms with Gasteiger partial charge in [-0.1, -0.05) is 15.9 Å². The summed E-state index contributed by atoms with van der Waals surface area (Å²) in [7, 11) is 1.32. The van der Waals surface area contributed by atoms with Crippen LogP contribution in [0.3, 0.4) is 0 Å². The summed E-state index contributed by atoms with van der Waals surface area (Å²) < 4.78 is 11.1. The molecule has 1 amide bonds. The Kier molecular flexibility index (Phi) is 6.77. The monoisotopic (exact) mass is 403 g/mol. The van der Waals surface area contributed by atoms with Gasteiger partial charge in [0.05, 0.1) is 19.3 Å². The van der Waals surface area contributed by atoms with E-state index in [1.165, 1.54) is 13.2 Å². The molecular weight excluding hydrogens is 386 g/mol. The first-order valence-corrected chi connectivity index (χ1v) is 8.42. The van der Waals surface area contributed by atoms with Crippen LogP contribution in [0.2, 0.25) is 0 Å². The van der Waals surface area contributed by atoms with Crippen LogP contribution >= 0.6 is 15.9 Å². The summed E-state index contributed by atoms with van der Waals surface area (Å²) >= 11 is 3.40. The van der Waals surface area contributed by atoms with Gasteiger partial charge in [-0.2, -0.15) is 0 Å². The molecule has 0 saturated heterocycles. The Balaban J connectivity index is 2.06. The fourth-order valence-corrected chi connectivity index (χ4v) is 2.47. The second kappa shape index (κ2) is 9.03. The molecule has 6 heteroatoms. The second-order valence-electron chi connectivity index (χ2n) is 5.01. The number of methoxy groups -OCH3 is 1. The molecule has 2 rings (SSSR count). The Morgan fingerprint density at radius 1 is 1.16 bits per heavy atom. The molecule has 25 heavy (non-hydrogen) atoms. The summed E-state index contributed by atoms with van der Waals surface area (Å²) in [4.78, 5) is 23.5. The highest BCUT2D eigenvalue weighted by molar-refractivity contribution is 9.10. The molecule has 0 fully saturated rings. The van der Waals surface area contributed by atoms with Crippen LogP contribution in [0, 0.1) is 0 Å². The standard InChI is InChI=1S/C19H18BrNO4/c1-3-25-17-10-7-15(20)12-14(17)6-11-18(22)21-16-8-4-13(5-9-16)19(23)24-2/h4-12H,3H2,1-2H3,(H,21,22). The highest BCUT2D eigenvalue weighted by Gasteiger charge is 2.06. The van der Waals surface area contributed by atoms with E-state index in [0.29, 0.717) is 23.6 Å². The zero-order valence-corrected chi connectivity index (χ0v) is 15.5. The van der Waals surface area contributed by atoms with Crippen molar-refractivity contribution in [1.82, 2.24) is 0 Å². The maximum Gasteiger partial charge on any atom is 0.337 e. The number of hydrogen-bond acceptors (Lipinski definition) is 4. The van der Waals surface area contributed by atoms with Crippen LogP contribution in [-0.2, 0) is 9.53 Å². The zero-order valence-electron chi connectivity index (χ0n) is 13.9. The molecular formula is C19H18BrNO4. The minimum absolute atomic E-state index is 0.284. The second-order valence-corrected chi connectivity index (χ2v) is 5.92. The number of amides is 1. The van der Waals surface area contributed by atoms with Crippen LogP contribution in [-0.4, -0.2) is 25.6 Å². The Morgan fingerprint density at radius 3 is 2.52 bits per heavy atom. The molecule has 5 nitrogen and oxygen atoms in total. The molecule has 0 heterocycles. The van der Waals surface area contributed by atoms with Gasteiger partial charge in [0.25, 0.3) is 0 Å². The molecule has 0 bridgehead atoms. The van der Waals surface area contributed by atoms with E-state index in [-0.39, 0.29) is 5.91 Å². The van der Waals surface area contributed by atoms with Crippen LogP contribution in [0.25, 0.3) is 6.08 Å². The van der Waals surface area contributed by atoms with Gasteiger partial charge in [0, 0.05) is 21.8 Å². The van der Waals surface area contributed by atoms with Crippen molar-refractivity contribution < 1.29 is 19.1 Å². The molecule has 0 aliphatic rings. The highest BCUT2D eigenvalue weighted by Crippen LogP contribution is 2.24. The first-order chi connectivity index (χ1) is 12.0. The van der Waals surface area contributed by atoms with Gasteiger partial charge in [0.15, 0.2) is 0 Å². The van der Waals surface area contributed by atoms with E-state index in [1.807, 2.05) is 25.1 Å². The number of carbonyl (C=O) groups excluding carboxylic acids is 2. The fraction of sp³-hybridized carbons (Fsp3) is 0.158. The van der Waals surface area contributed by atoms with Crippen molar-refractivity contribution in [3.63, 3.8) is 0 Å². The van der Waals surface area contributed by atoms with Gasteiger partial charge in [-0.3, -0.25) is 4.79 Å². The molecule has 0 unspecified atom stereocenters. The number of nitrogens with one attached hydrogen (secondary N) is 1. The van der Waals surface area contributed by atoms with E-state index in [2.05, 4.69) is 26.0 Å². The minimum Gasteiger partial charge on any atom is -0.493 e. The van der Waals surface area contributed by atoms with Gasteiger partial charge in [-0.25, -0.2) is 4.79 Å². The van der Waals surface area contributed by atoms with Crippen LogP contribution in [0.5, 0.6) is 5.75 Å². The molecule has 0 atom stereocenters. The molecule has 2 aromatic rings. The number of esters is 1. The van der Waals surface area contributed by atoms with Gasteiger partial charge in [0.1, 0.15) is 5.75 Å². The van der Waals surface area contributed by atoms with E-state index in [1.54, 1.807) is 30.3 Å². The lowest BCUT2D eigenvalue weighted by Crippen LogP contribution is -2.08. The zero-order chi connectivity index (χ0) is 18.2. The van der Waals surface area contributed by atoms with Crippen molar-refractivity contribution in [3.8, 4) is 5.75 Å².